The van der Waals surface area contributed by atoms with Crippen molar-refractivity contribution in [2.24, 2.45) is 0 Å². The first-order valence-electron chi connectivity index (χ1n) is 11.7. The maximum atomic E-state index is 12.1. The van der Waals surface area contributed by atoms with Crippen molar-refractivity contribution in [1.82, 2.24) is 4.98 Å². The third-order valence-electron chi connectivity index (χ3n) is 5.67. The van der Waals surface area contributed by atoms with Gasteiger partial charge in [0.15, 0.2) is 6.10 Å². The van der Waals surface area contributed by atoms with Gasteiger partial charge in [0.1, 0.15) is 11.4 Å². The minimum absolute atomic E-state index is 0.0821. The fraction of sp³-hybridized carbons (Fsp3) is 0.500. The van der Waals surface area contributed by atoms with E-state index in [4.69, 9.17) is 14.2 Å². The van der Waals surface area contributed by atoms with Gasteiger partial charge < -0.3 is 19.3 Å². The Morgan fingerprint density at radius 2 is 1.82 bits per heavy atom. The molecule has 0 saturated heterocycles. The second-order valence-corrected chi connectivity index (χ2v) is 9.55. The Bertz CT molecular complexity index is 979. The van der Waals surface area contributed by atoms with E-state index in [9.17, 15) is 14.7 Å². The molecule has 1 fully saturated rings. The van der Waals surface area contributed by atoms with E-state index < -0.39 is 23.8 Å². The topological polar surface area (TPSA) is 107 Å². The summed E-state index contributed by atoms with van der Waals surface area (Å²) < 4.78 is 17.2. The number of benzene rings is 1. The molecule has 0 bridgehead atoms. The zero-order valence-electron chi connectivity index (χ0n) is 20.2. The van der Waals surface area contributed by atoms with E-state index in [2.05, 4.69) is 10.3 Å². The molecular formula is C26H34N2O6. The lowest BCUT2D eigenvalue weighted by atomic mass is 9.82. The Hall–Kier alpha value is -3.13. The van der Waals surface area contributed by atoms with Crippen molar-refractivity contribution >= 4 is 17.7 Å². The Morgan fingerprint density at radius 1 is 1.12 bits per heavy atom. The van der Waals surface area contributed by atoms with Gasteiger partial charge in [-0.25, -0.2) is 9.59 Å². The second-order valence-electron chi connectivity index (χ2n) is 9.55. The van der Waals surface area contributed by atoms with E-state index in [0.29, 0.717) is 17.1 Å². The van der Waals surface area contributed by atoms with E-state index in [-0.39, 0.29) is 18.6 Å². The molecule has 1 atom stereocenters. The molecule has 1 heterocycles. The number of carbonyl (C=O) groups excluding carboxylic acids is 1. The number of pyridine rings is 1. The third kappa shape index (κ3) is 7.45. The van der Waals surface area contributed by atoms with Crippen molar-refractivity contribution in [3.63, 3.8) is 0 Å². The fourth-order valence-electron chi connectivity index (χ4n) is 3.98. The van der Waals surface area contributed by atoms with Crippen LogP contribution in [-0.4, -0.2) is 40.0 Å². The van der Waals surface area contributed by atoms with Crippen LogP contribution in [-0.2, 0) is 20.9 Å². The highest BCUT2D eigenvalue weighted by atomic mass is 16.6. The van der Waals surface area contributed by atoms with Gasteiger partial charge in [0, 0.05) is 6.20 Å². The summed E-state index contributed by atoms with van der Waals surface area (Å²) in [5.41, 5.74) is 1.68. The SMILES string of the molecule is CC(Oc1ccccc1C1CCC(OCc2ncccc2NC(=O)OC(C)(C)C)CC1)C(=O)O. The van der Waals surface area contributed by atoms with Gasteiger partial charge in [0.2, 0.25) is 0 Å². The van der Waals surface area contributed by atoms with Crippen LogP contribution in [0.25, 0.3) is 0 Å². The number of carbonyl (C=O) groups is 2. The monoisotopic (exact) mass is 470 g/mol. The molecule has 1 aromatic carbocycles. The number of hydrogen-bond acceptors (Lipinski definition) is 6. The van der Waals surface area contributed by atoms with E-state index in [1.807, 2.05) is 45.0 Å². The summed E-state index contributed by atoms with van der Waals surface area (Å²) in [6.07, 6.45) is 3.90. The molecule has 0 spiro atoms. The van der Waals surface area contributed by atoms with Gasteiger partial charge in [-0.2, -0.15) is 0 Å². The average Bonchev–Trinajstić information content (AvgIpc) is 2.78. The lowest BCUT2D eigenvalue weighted by molar-refractivity contribution is -0.144. The van der Waals surface area contributed by atoms with Gasteiger partial charge >= 0.3 is 12.1 Å². The summed E-state index contributed by atoms with van der Waals surface area (Å²) in [6, 6.07) is 11.2. The van der Waals surface area contributed by atoms with Crippen molar-refractivity contribution < 1.29 is 28.9 Å². The number of nitrogens with one attached hydrogen (secondary N) is 1. The number of hydrogen-bond donors (Lipinski definition) is 2. The minimum atomic E-state index is -0.984. The number of carboxylic acids is 1. The molecule has 1 aliphatic carbocycles. The molecule has 184 valence electrons. The van der Waals surface area contributed by atoms with E-state index in [1.165, 1.54) is 6.92 Å². The van der Waals surface area contributed by atoms with Gasteiger partial charge in [-0.15, -0.1) is 0 Å². The number of ether oxygens (including phenoxy) is 3. The normalized spacial score (nSPS) is 19.2. The maximum Gasteiger partial charge on any atom is 0.412 e. The Morgan fingerprint density at radius 3 is 2.50 bits per heavy atom. The zero-order valence-corrected chi connectivity index (χ0v) is 20.2. The molecule has 1 aliphatic rings. The smallest absolute Gasteiger partial charge is 0.412 e. The fourth-order valence-corrected chi connectivity index (χ4v) is 3.98. The lowest BCUT2D eigenvalue weighted by Crippen LogP contribution is -2.28. The number of aromatic nitrogens is 1. The number of para-hydroxylation sites is 1. The molecule has 0 radical (unpaired) electrons. The molecule has 2 N–H and O–H groups in total. The van der Waals surface area contributed by atoms with E-state index >= 15 is 0 Å². The molecular weight excluding hydrogens is 436 g/mol. The molecule has 2 aromatic rings. The average molecular weight is 471 g/mol. The lowest BCUT2D eigenvalue weighted by Gasteiger charge is -2.30. The van der Waals surface area contributed by atoms with Crippen molar-refractivity contribution in [2.45, 2.75) is 83.7 Å². The first-order valence-corrected chi connectivity index (χ1v) is 11.7. The van der Waals surface area contributed by atoms with Crippen LogP contribution < -0.4 is 10.1 Å². The summed E-state index contributed by atoms with van der Waals surface area (Å²) in [4.78, 5) is 27.7. The van der Waals surface area contributed by atoms with Gasteiger partial charge in [0.05, 0.1) is 24.1 Å². The Labute approximate surface area is 200 Å². The van der Waals surface area contributed by atoms with Crippen LogP contribution in [0.5, 0.6) is 5.75 Å². The summed E-state index contributed by atoms with van der Waals surface area (Å²) in [5, 5.41) is 11.9. The van der Waals surface area contributed by atoms with Crippen LogP contribution in [0.3, 0.4) is 0 Å². The number of anilines is 1. The quantitative estimate of drug-likeness (QED) is 0.523. The first kappa shape index (κ1) is 25.5. The summed E-state index contributed by atoms with van der Waals surface area (Å²) >= 11 is 0. The predicted octanol–water partition coefficient (Wildman–Crippen LogP) is 5.52. The van der Waals surface area contributed by atoms with Gasteiger partial charge in [0.25, 0.3) is 0 Å². The summed E-state index contributed by atoms with van der Waals surface area (Å²) in [5.74, 6) is -0.0636. The summed E-state index contributed by atoms with van der Waals surface area (Å²) in [6.45, 7) is 7.26. The van der Waals surface area contributed by atoms with Gasteiger partial charge in [-0.05, 0) is 83.1 Å². The molecule has 1 aromatic heterocycles. The molecule has 1 amide bonds. The van der Waals surface area contributed by atoms with E-state index in [1.54, 1.807) is 18.3 Å². The number of aliphatic carboxylic acids is 1. The van der Waals surface area contributed by atoms with Crippen molar-refractivity contribution in [1.29, 1.82) is 0 Å². The number of rotatable bonds is 8. The molecule has 1 unspecified atom stereocenters. The van der Waals surface area contributed by atoms with Crippen LogP contribution in [0.15, 0.2) is 42.6 Å². The van der Waals surface area contributed by atoms with Crippen molar-refractivity contribution in [2.75, 3.05) is 5.32 Å². The maximum absolute atomic E-state index is 12.1. The second kappa shape index (κ2) is 11.3. The highest BCUT2D eigenvalue weighted by Crippen LogP contribution is 2.38. The predicted molar refractivity (Wildman–Crippen MR) is 128 cm³/mol. The van der Waals surface area contributed by atoms with Crippen molar-refractivity contribution in [3.8, 4) is 5.75 Å². The van der Waals surface area contributed by atoms with Crippen LogP contribution >= 0.6 is 0 Å². The van der Waals surface area contributed by atoms with Crippen LogP contribution in [0, 0.1) is 0 Å². The molecule has 0 aliphatic heterocycles. The number of carboxylic acid groups (broad SMARTS) is 1. The highest BCUT2D eigenvalue weighted by molar-refractivity contribution is 5.85. The van der Waals surface area contributed by atoms with Gasteiger partial charge in [-0.3, -0.25) is 10.3 Å². The molecule has 8 heteroatoms. The van der Waals surface area contributed by atoms with Crippen LogP contribution in [0.1, 0.15) is 70.6 Å². The van der Waals surface area contributed by atoms with Crippen LogP contribution in [0.4, 0.5) is 10.5 Å². The largest absolute Gasteiger partial charge is 0.479 e. The van der Waals surface area contributed by atoms with Crippen LogP contribution in [0.2, 0.25) is 0 Å². The molecule has 34 heavy (non-hydrogen) atoms. The minimum Gasteiger partial charge on any atom is -0.479 e. The molecule has 3 rings (SSSR count). The Balaban J connectivity index is 1.55. The zero-order chi connectivity index (χ0) is 24.7. The standard InChI is InChI=1S/C26H34N2O6/c1-17(24(29)30)33-23-10-6-5-8-20(23)18-11-13-19(14-12-18)32-16-22-21(9-7-15-27-22)28-25(31)34-26(2,3)4/h5-10,15,17-19H,11-14,16H2,1-4H3,(H,28,31)(H,29,30). The number of nitrogens with zero attached hydrogens (tertiary/aromatic N) is 1. The molecule has 1 saturated carbocycles. The number of amides is 1. The first-order chi connectivity index (χ1) is 16.1. The molecule has 8 nitrogen and oxygen atoms in total. The van der Waals surface area contributed by atoms with Gasteiger partial charge in [-0.1, -0.05) is 18.2 Å². The third-order valence-corrected chi connectivity index (χ3v) is 5.67. The van der Waals surface area contributed by atoms with E-state index in [0.717, 1.165) is 31.2 Å². The van der Waals surface area contributed by atoms with Crippen molar-refractivity contribution in [3.05, 3.63) is 53.9 Å². The summed E-state index contributed by atoms with van der Waals surface area (Å²) in [7, 11) is 0. The highest BCUT2D eigenvalue weighted by Gasteiger charge is 2.26. The Kier molecular flexibility index (Phi) is 8.50.